The minimum atomic E-state index is -4.20. The van der Waals surface area contributed by atoms with Crippen molar-refractivity contribution >= 4 is 11.8 Å². The van der Waals surface area contributed by atoms with Gasteiger partial charge in [-0.2, -0.15) is 13.2 Å². The van der Waals surface area contributed by atoms with Crippen molar-refractivity contribution in [2.75, 3.05) is 12.4 Å². The first-order valence-corrected chi connectivity index (χ1v) is 7.73. The molecule has 1 aromatic carbocycles. The Morgan fingerprint density at radius 3 is 2.43 bits per heavy atom. The van der Waals surface area contributed by atoms with Gasteiger partial charge >= 0.3 is 5.51 Å². The Morgan fingerprint density at radius 2 is 1.86 bits per heavy atom. The van der Waals surface area contributed by atoms with Crippen LogP contribution in [0.4, 0.5) is 13.2 Å². The highest BCUT2D eigenvalue weighted by atomic mass is 32.2. The molecule has 0 aliphatic rings. The molecule has 0 saturated heterocycles. The molecule has 0 radical (unpaired) electrons. The topological polar surface area (TPSA) is 21.3 Å². The molecule has 6 heteroatoms. The molecule has 0 saturated carbocycles. The third kappa shape index (κ3) is 8.21. The average molecular weight is 321 g/mol. The first-order valence-electron chi connectivity index (χ1n) is 6.75. The normalized spacial score (nSPS) is 12.5. The van der Waals surface area contributed by atoms with Crippen LogP contribution in [0.25, 0.3) is 0 Å². The summed E-state index contributed by atoms with van der Waals surface area (Å²) in [6, 6.07) is 5.70. The van der Waals surface area contributed by atoms with E-state index in [0.717, 1.165) is 11.1 Å². The average Bonchev–Trinajstić information content (AvgIpc) is 2.31. The lowest BCUT2D eigenvalue weighted by Crippen LogP contribution is -2.35. The second-order valence-electron chi connectivity index (χ2n) is 5.86. The molecule has 0 amide bonds. The van der Waals surface area contributed by atoms with E-state index in [9.17, 15) is 13.2 Å². The summed E-state index contributed by atoms with van der Waals surface area (Å²) in [7, 11) is 0. The van der Waals surface area contributed by atoms with Crippen molar-refractivity contribution in [1.82, 2.24) is 5.32 Å². The maximum atomic E-state index is 12.1. The fraction of sp³-hybridized carbons (Fsp3) is 0.600. The lowest BCUT2D eigenvalue weighted by atomic mass is 10.1. The number of ether oxygens (including phenoxy) is 1. The Hall–Kier alpha value is -0.880. The molecule has 0 unspecified atom stereocenters. The smallest absolute Gasteiger partial charge is 0.441 e. The van der Waals surface area contributed by atoms with Gasteiger partial charge in [0.1, 0.15) is 5.75 Å². The first kappa shape index (κ1) is 18.2. The number of nitrogens with one attached hydrogen (secondary N) is 1. The molecular formula is C15H22F3NOS. The molecular weight excluding hydrogens is 299 g/mol. The van der Waals surface area contributed by atoms with Crippen molar-refractivity contribution < 1.29 is 17.9 Å². The van der Waals surface area contributed by atoms with Gasteiger partial charge in [-0.1, -0.05) is 17.7 Å². The van der Waals surface area contributed by atoms with Crippen molar-refractivity contribution in [2.24, 2.45) is 0 Å². The molecule has 0 bridgehead atoms. The van der Waals surface area contributed by atoms with Crippen LogP contribution in [0.15, 0.2) is 18.2 Å². The zero-order chi connectivity index (χ0) is 16.1. The highest BCUT2D eigenvalue weighted by molar-refractivity contribution is 8.00. The maximum Gasteiger partial charge on any atom is 0.441 e. The molecule has 0 heterocycles. The Balaban J connectivity index is 2.60. The molecule has 0 aliphatic heterocycles. The van der Waals surface area contributed by atoms with E-state index in [1.807, 2.05) is 25.1 Å². The van der Waals surface area contributed by atoms with Gasteiger partial charge in [0.05, 0.1) is 6.61 Å². The van der Waals surface area contributed by atoms with Crippen LogP contribution in [-0.4, -0.2) is 23.4 Å². The van der Waals surface area contributed by atoms with Gasteiger partial charge in [-0.3, -0.25) is 0 Å². The molecule has 0 aliphatic carbocycles. The van der Waals surface area contributed by atoms with Gasteiger partial charge in [0, 0.05) is 23.4 Å². The summed E-state index contributed by atoms with van der Waals surface area (Å²) >= 11 is -0.0612. The SMILES string of the molecule is Cc1ccc(OCCSC(F)(F)F)c(CNC(C)(C)C)c1. The van der Waals surface area contributed by atoms with Gasteiger partial charge in [0.15, 0.2) is 0 Å². The predicted octanol–water partition coefficient (Wildman–Crippen LogP) is 4.51. The Bertz CT molecular complexity index is 455. The first-order chi connectivity index (χ1) is 9.57. The number of benzene rings is 1. The summed E-state index contributed by atoms with van der Waals surface area (Å²) < 4.78 is 41.7. The summed E-state index contributed by atoms with van der Waals surface area (Å²) in [5.41, 5.74) is -2.18. The number of rotatable bonds is 6. The summed E-state index contributed by atoms with van der Waals surface area (Å²) in [6.07, 6.45) is 0. The molecule has 21 heavy (non-hydrogen) atoms. The quantitative estimate of drug-likeness (QED) is 0.779. The van der Waals surface area contributed by atoms with Gasteiger partial charge in [-0.25, -0.2) is 0 Å². The van der Waals surface area contributed by atoms with Gasteiger partial charge in [-0.05, 0) is 45.5 Å². The maximum absolute atomic E-state index is 12.1. The lowest BCUT2D eigenvalue weighted by molar-refractivity contribution is -0.0329. The van der Waals surface area contributed by atoms with E-state index in [1.54, 1.807) is 0 Å². The van der Waals surface area contributed by atoms with Crippen LogP contribution in [-0.2, 0) is 6.54 Å². The van der Waals surface area contributed by atoms with Gasteiger partial charge in [0.2, 0.25) is 0 Å². The van der Waals surface area contributed by atoms with E-state index in [4.69, 9.17) is 4.74 Å². The number of aryl methyl sites for hydroxylation is 1. The summed E-state index contributed by atoms with van der Waals surface area (Å²) in [5.74, 6) is 0.531. The Kier molecular flexibility index (Phi) is 6.41. The van der Waals surface area contributed by atoms with E-state index in [2.05, 4.69) is 26.1 Å². The third-order valence-corrected chi connectivity index (χ3v) is 3.33. The predicted molar refractivity (Wildman–Crippen MR) is 81.8 cm³/mol. The fourth-order valence-electron chi connectivity index (χ4n) is 1.66. The van der Waals surface area contributed by atoms with Crippen LogP contribution in [0.2, 0.25) is 0 Å². The molecule has 2 nitrogen and oxygen atoms in total. The van der Waals surface area contributed by atoms with Crippen molar-refractivity contribution in [1.29, 1.82) is 0 Å². The Morgan fingerprint density at radius 1 is 1.19 bits per heavy atom. The van der Waals surface area contributed by atoms with Gasteiger partial charge < -0.3 is 10.1 Å². The highest BCUT2D eigenvalue weighted by Crippen LogP contribution is 2.30. The van der Waals surface area contributed by atoms with E-state index in [1.165, 1.54) is 0 Å². The number of halogens is 3. The second-order valence-corrected chi connectivity index (χ2v) is 7.02. The summed E-state index contributed by atoms with van der Waals surface area (Å²) in [4.78, 5) is 0. The van der Waals surface area contributed by atoms with Crippen molar-refractivity contribution in [2.45, 2.75) is 45.3 Å². The van der Waals surface area contributed by atoms with E-state index in [0.29, 0.717) is 12.3 Å². The largest absolute Gasteiger partial charge is 0.492 e. The van der Waals surface area contributed by atoms with Crippen LogP contribution in [0.1, 0.15) is 31.9 Å². The molecule has 0 spiro atoms. The third-order valence-electron chi connectivity index (χ3n) is 2.63. The molecule has 0 fully saturated rings. The summed E-state index contributed by atoms with van der Waals surface area (Å²) in [5, 5.41) is 3.36. The van der Waals surface area contributed by atoms with E-state index in [-0.39, 0.29) is 29.7 Å². The number of hydrogen-bond acceptors (Lipinski definition) is 3. The van der Waals surface area contributed by atoms with Crippen LogP contribution < -0.4 is 10.1 Å². The zero-order valence-corrected chi connectivity index (χ0v) is 13.6. The number of hydrogen-bond donors (Lipinski definition) is 1. The fourth-order valence-corrected chi connectivity index (χ4v) is 2.05. The molecule has 1 N–H and O–H groups in total. The molecule has 1 rings (SSSR count). The van der Waals surface area contributed by atoms with Gasteiger partial charge in [-0.15, -0.1) is 0 Å². The monoisotopic (exact) mass is 321 g/mol. The minimum Gasteiger partial charge on any atom is -0.492 e. The molecule has 120 valence electrons. The van der Waals surface area contributed by atoms with Crippen LogP contribution in [0.3, 0.4) is 0 Å². The Labute approximate surface area is 128 Å². The lowest BCUT2D eigenvalue weighted by Gasteiger charge is -2.22. The molecule has 0 atom stereocenters. The van der Waals surface area contributed by atoms with E-state index >= 15 is 0 Å². The highest BCUT2D eigenvalue weighted by Gasteiger charge is 2.27. The van der Waals surface area contributed by atoms with Crippen molar-refractivity contribution in [3.63, 3.8) is 0 Å². The summed E-state index contributed by atoms with van der Waals surface area (Å²) in [6.45, 7) is 8.81. The van der Waals surface area contributed by atoms with Crippen molar-refractivity contribution in [3.05, 3.63) is 29.3 Å². The van der Waals surface area contributed by atoms with Crippen molar-refractivity contribution in [3.8, 4) is 5.75 Å². The molecule has 1 aromatic rings. The minimum absolute atomic E-state index is 0.0346. The second kappa shape index (κ2) is 7.40. The zero-order valence-electron chi connectivity index (χ0n) is 12.8. The van der Waals surface area contributed by atoms with Crippen LogP contribution >= 0.6 is 11.8 Å². The standard InChI is InChI=1S/C15H22F3NOS/c1-11-5-6-13(20-7-8-21-15(16,17)18)12(9-11)10-19-14(2,3)4/h5-6,9,19H,7-8,10H2,1-4H3. The van der Waals surface area contributed by atoms with E-state index < -0.39 is 5.51 Å². The van der Waals surface area contributed by atoms with Crippen LogP contribution in [0.5, 0.6) is 5.75 Å². The molecule has 0 aromatic heterocycles. The van der Waals surface area contributed by atoms with Crippen LogP contribution in [0, 0.1) is 6.92 Å². The number of alkyl halides is 3. The van der Waals surface area contributed by atoms with Gasteiger partial charge in [0.25, 0.3) is 0 Å². The number of thioether (sulfide) groups is 1.